The molecular weight excluding hydrogens is 316 g/mol. The Morgan fingerprint density at radius 2 is 2.11 bits per heavy atom. The van der Waals surface area contributed by atoms with Crippen molar-refractivity contribution in [2.45, 2.75) is 6.92 Å². The van der Waals surface area contributed by atoms with Gasteiger partial charge in [-0.05, 0) is 52.7 Å². The van der Waals surface area contributed by atoms with E-state index in [0.29, 0.717) is 10.7 Å². The number of pyridine rings is 1. The third-order valence-corrected chi connectivity index (χ3v) is 3.25. The van der Waals surface area contributed by atoms with E-state index in [-0.39, 0.29) is 11.6 Å². The highest BCUT2D eigenvalue weighted by Gasteiger charge is 2.10. The first-order chi connectivity index (χ1) is 8.56. The zero-order valence-corrected chi connectivity index (χ0v) is 11.9. The number of nitrogens with zero attached hydrogens (tertiary/aromatic N) is 1. The van der Waals surface area contributed by atoms with E-state index in [4.69, 9.17) is 11.6 Å². The summed E-state index contributed by atoms with van der Waals surface area (Å²) < 4.78 is 0.823. The van der Waals surface area contributed by atoms with Crippen LogP contribution in [0, 0.1) is 6.92 Å². The van der Waals surface area contributed by atoms with Crippen molar-refractivity contribution in [2.24, 2.45) is 0 Å². The minimum atomic E-state index is -0.288. The summed E-state index contributed by atoms with van der Waals surface area (Å²) in [6.45, 7) is 1.96. The summed E-state index contributed by atoms with van der Waals surface area (Å²) in [4.78, 5) is 16.0. The lowest BCUT2D eigenvalue weighted by Gasteiger charge is -2.08. The molecule has 0 atom stereocenters. The molecule has 0 aliphatic carbocycles. The number of halogens is 2. The molecule has 1 N–H and O–H groups in total. The summed E-state index contributed by atoms with van der Waals surface area (Å²) in [6.07, 6.45) is 1.50. The van der Waals surface area contributed by atoms with Crippen molar-refractivity contribution in [1.29, 1.82) is 0 Å². The van der Waals surface area contributed by atoms with Gasteiger partial charge in [-0.2, -0.15) is 0 Å². The van der Waals surface area contributed by atoms with Gasteiger partial charge >= 0.3 is 0 Å². The second kappa shape index (κ2) is 5.50. The smallest absolute Gasteiger partial charge is 0.274 e. The molecular formula is C13H10BrClN2O. The molecule has 0 bridgehead atoms. The van der Waals surface area contributed by atoms with Crippen molar-refractivity contribution in [3.05, 3.63) is 57.3 Å². The number of amides is 1. The van der Waals surface area contributed by atoms with E-state index in [1.54, 1.807) is 6.07 Å². The summed E-state index contributed by atoms with van der Waals surface area (Å²) >= 11 is 9.20. The number of benzene rings is 1. The first kappa shape index (κ1) is 13.1. The SMILES string of the molecule is Cc1ccc(Br)c(NC(=O)c2cc(Cl)ccn2)c1. The topological polar surface area (TPSA) is 42.0 Å². The summed E-state index contributed by atoms with van der Waals surface area (Å²) in [6, 6.07) is 8.88. The molecule has 0 aliphatic heterocycles. The van der Waals surface area contributed by atoms with E-state index in [9.17, 15) is 4.79 Å². The minimum absolute atomic E-state index is 0.288. The molecule has 3 nitrogen and oxygen atoms in total. The van der Waals surface area contributed by atoms with Gasteiger partial charge in [0.25, 0.3) is 5.91 Å². The molecule has 0 saturated heterocycles. The van der Waals surface area contributed by atoms with Gasteiger partial charge in [0.1, 0.15) is 5.69 Å². The number of aromatic nitrogens is 1. The monoisotopic (exact) mass is 324 g/mol. The third kappa shape index (κ3) is 3.09. The van der Waals surface area contributed by atoms with E-state index in [2.05, 4.69) is 26.2 Å². The minimum Gasteiger partial charge on any atom is -0.320 e. The van der Waals surface area contributed by atoms with Gasteiger partial charge in [-0.15, -0.1) is 0 Å². The van der Waals surface area contributed by atoms with Crippen LogP contribution in [-0.2, 0) is 0 Å². The Labute approximate surface area is 118 Å². The fraction of sp³-hybridized carbons (Fsp3) is 0.0769. The van der Waals surface area contributed by atoms with Gasteiger partial charge in [0.2, 0.25) is 0 Å². The summed E-state index contributed by atoms with van der Waals surface area (Å²) in [5.74, 6) is -0.288. The zero-order chi connectivity index (χ0) is 13.1. The van der Waals surface area contributed by atoms with Crippen LogP contribution in [-0.4, -0.2) is 10.9 Å². The van der Waals surface area contributed by atoms with Crippen LogP contribution in [0.15, 0.2) is 41.0 Å². The predicted molar refractivity (Wildman–Crippen MR) is 76.1 cm³/mol. The van der Waals surface area contributed by atoms with Crippen molar-refractivity contribution in [1.82, 2.24) is 4.98 Å². The molecule has 0 fully saturated rings. The quantitative estimate of drug-likeness (QED) is 0.905. The van der Waals surface area contributed by atoms with E-state index in [1.165, 1.54) is 12.3 Å². The Balaban J connectivity index is 2.24. The maximum absolute atomic E-state index is 12.0. The average Bonchev–Trinajstić information content (AvgIpc) is 2.34. The first-order valence-electron chi connectivity index (χ1n) is 5.25. The third-order valence-electron chi connectivity index (χ3n) is 2.32. The van der Waals surface area contributed by atoms with E-state index in [1.807, 2.05) is 25.1 Å². The first-order valence-corrected chi connectivity index (χ1v) is 6.42. The molecule has 0 unspecified atom stereocenters. The van der Waals surface area contributed by atoms with Gasteiger partial charge in [-0.1, -0.05) is 17.7 Å². The Hall–Kier alpha value is -1.39. The largest absolute Gasteiger partial charge is 0.320 e. The van der Waals surface area contributed by atoms with Crippen LogP contribution in [0.5, 0.6) is 0 Å². The van der Waals surface area contributed by atoms with Crippen molar-refractivity contribution in [2.75, 3.05) is 5.32 Å². The second-order valence-electron chi connectivity index (χ2n) is 3.80. The summed E-state index contributed by atoms with van der Waals surface area (Å²) in [7, 11) is 0. The lowest BCUT2D eigenvalue weighted by Crippen LogP contribution is -2.13. The van der Waals surface area contributed by atoms with E-state index < -0.39 is 0 Å². The molecule has 0 aliphatic rings. The molecule has 1 heterocycles. The maximum Gasteiger partial charge on any atom is 0.274 e. The van der Waals surface area contributed by atoms with Gasteiger partial charge in [0.05, 0.1) is 5.69 Å². The molecule has 1 aromatic carbocycles. The van der Waals surface area contributed by atoms with Gasteiger partial charge in [0.15, 0.2) is 0 Å². The Kier molecular flexibility index (Phi) is 3.99. The molecule has 0 radical (unpaired) electrons. The number of anilines is 1. The fourth-order valence-electron chi connectivity index (χ4n) is 1.45. The van der Waals surface area contributed by atoms with E-state index >= 15 is 0 Å². The van der Waals surface area contributed by atoms with Gasteiger partial charge in [0, 0.05) is 15.7 Å². The van der Waals surface area contributed by atoms with Crippen molar-refractivity contribution in [3.8, 4) is 0 Å². The highest BCUT2D eigenvalue weighted by atomic mass is 79.9. The van der Waals surface area contributed by atoms with Crippen molar-refractivity contribution in [3.63, 3.8) is 0 Å². The van der Waals surface area contributed by atoms with Gasteiger partial charge in [-0.3, -0.25) is 9.78 Å². The highest BCUT2D eigenvalue weighted by molar-refractivity contribution is 9.10. The maximum atomic E-state index is 12.0. The molecule has 2 rings (SSSR count). The number of hydrogen-bond acceptors (Lipinski definition) is 2. The standard InChI is InChI=1S/C13H10BrClN2O/c1-8-2-3-10(14)11(6-8)17-13(18)12-7-9(15)4-5-16-12/h2-7H,1H3,(H,17,18). The van der Waals surface area contributed by atoms with Crippen LogP contribution >= 0.6 is 27.5 Å². The van der Waals surface area contributed by atoms with Crippen LogP contribution in [0.1, 0.15) is 16.1 Å². The Morgan fingerprint density at radius 3 is 2.83 bits per heavy atom. The van der Waals surface area contributed by atoms with Crippen LogP contribution < -0.4 is 5.32 Å². The zero-order valence-electron chi connectivity index (χ0n) is 9.58. The van der Waals surface area contributed by atoms with Gasteiger partial charge in [-0.25, -0.2) is 0 Å². The Bertz CT molecular complexity index is 601. The van der Waals surface area contributed by atoms with Gasteiger partial charge < -0.3 is 5.32 Å². The summed E-state index contributed by atoms with van der Waals surface area (Å²) in [5, 5.41) is 3.27. The number of carbonyl (C=O) groups is 1. The molecule has 0 spiro atoms. The van der Waals surface area contributed by atoms with Crippen LogP contribution in [0.2, 0.25) is 5.02 Å². The molecule has 92 valence electrons. The summed E-state index contributed by atoms with van der Waals surface area (Å²) in [5.41, 5.74) is 2.06. The molecule has 2 aromatic rings. The second-order valence-corrected chi connectivity index (χ2v) is 5.09. The van der Waals surface area contributed by atoms with Crippen LogP contribution in [0.25, 0.3) is 0 Å². The molecule has 1 amide bonds. The van der Waals surface area contributed by atoms with Crippen molar-refractivity contribution >= 4 is 39.1 Å². The normalized spacial score (nSPS) is 10.2. The average molecular weight is 326 g/mol. The predicted octanol–water partition coefficient (Wildman–Crippen LogP) is 4.06. The molecule has 0 saturated carbocycles. The number of nitrogens with one attached hydrogen (secondary N) is 1. The molecule has 1 aromatic heterocycles. The number of carbonyl (C=O) groups excluding carboxylic acids is 1. The van der Waals surface area contributed by atoms with Crippen molar-refractivity contribution < 1.29 is 4.79 Å². The Morgan fingerprint density at radius 1 is 1.33 bits per heavy atom. The number of rotatable bonds is 2. The lowest BCUT2D eigenvalue weighted by molar-refractivity contribution is 0.102. The number of hydrogen-bond donors (Lipinski definition) is 1. The fourth-order valence-corrected chi connectivity index (χ4v) is 1.96. The van der Waals surface area contributed by atoms with Crippen LogP contribution in [0.3, 0.4) is 0 Å². The highest BCUT2D eigenvalue weighted by Crippen LogP contribution is 2.23. The number of aryl methyl sites for hydroxylation is 1. The molecule has 5 heteroatoms. The van der Waals surface area contributed by atoms with Crippen LogP contribution in [0.4, 0.5) is 5.69 Å². The van der Waals surface area contributed by atoms with E-state index in [0.717, 1.165) is 10.0 Å². The molecule has 18 heavy (non-hydrogen) atoms. The lowest BCUT2D eigenvalue weighted by atomic mass is 10.2.